The van der Waals surface area contributed by atoms with Gasteiger partial charge >= 0.3 is 0 Å². The Bertz CT molecular complexity index is 696. The van der Waals surface area contributed by atoms with Crippen molar-refractivity contribution in [3.8, 4) is 0 Å². The van der Waals surface area contributed by atoms with Crippen LogP contribution in [0.2, 0.25) is 0 Å². The maximum Gasteiger partial charge on any atom is 0.138 e. The molecule has 3 rings (SSSR count). The Morgan fingerprint density at radius 3 is 2.64 bits per heavy atom. The van der Waals surface area contributed by atoms with Crippen LogP contribution in [0.1, 0.15) is 29.0 Å². The molecular formula is C19H25FN2O3. The van der Waals surface area contributed by atoms with Gasteiger partial charge in [0.1, 0.15) is 11.6 Å². The summed E-state index contributed by atoms with van der Waals surface area (Å²) in [5.74, 6) is 0.516. The summed E-state index contributed by atoms with van der Waals surface area (Å²) in [5.41, 5.74) is 2.19. The van der Waals surface area contributed by atoms with Gasteiger partial charge in [0.05, 0.1) is 18.4 Å². The van der Waals surface area contributed by atoms with Gasteiger partial charge < -0.3 is 14.7 Å². The summed E-state index contributed by atoms with van der Waals surface area (Å²) < 4.78 is 18.4. The molecule has 2 N–H and O–H groups in total. The summed E-state index contributed by atoms with van der Waals surface area (Å²) in [4.78, 5) is 2.22. The number of hydrogen-bond donors (Lipinski definition) is 2. The molecular weight excluding hydrogens is 323 g/mol. The minimum Gasteiger partial charge on any atom is -0.396 e. The number of aliphatic hydroxyl groups is 2. The van der Waals surface area contributed by atoms with Gasteiger partial charge in [-0.25, -0.2) is 4.39 Å². The minimum absolute atomic E-state index is 0.121. The molecule has 25 heavy (non-hydrogen) atoms. The highest BCUT2D eigenvalue weighted by Crippen LogP contribution is 2.35. The van der Waals surface area contributed by atoms with Gasteiger partial charge in [-0.3, -0.25) is 4.90 Å². The lowest BCUT2D eigenvalue weighted by atomic mass is 9.73. The van der Waals surface area contributed by atoms with Crippen LogP contribution in [0.15, 0.2) is 28.8 Å². The number of aromatic nitrogens is 1. The number of benzene rings is 1. The van der Waals surface area contributed by atoms with Gasteiger partial charge in [-0.2, -0.15) is 0 Å². The highest BCUT2D eigenvalue weighted by Gasteiger charge is 2.42. The molecule has 1 fully saturated rings. The smallest absolute Gasteiger partial charge is 0.138 e. The van der Waals surface area contributed by atoms with Gasteiger partial charge in [0.15, 0.2) is 0 Å². The van der Waals surface area contributed by atoms with E-state index in [9.17, 15) is 14.6 Å². The maximum absolute atomic E-state index is 13.1. The molecule has 0 amide bonds. The van der Waals surface area contributed by atoms with Crippen LogP contribution in [0.4, 0.5) is 4.39 Å². The zero-order valence-corrected chi connectivity index (χ0v) is 14.7. The van der Waals surface area contributed by atoms with Crippen molar-refractivity contribution < 1.29 is 19.1 Å². The normalized spacial score (nSPS) is 24.6. The van der Waals surface area contributed by atoms with Crippen molar-refractivity contribution in [2.45, 2.75) is 39.3 Å². The molecule has 1 aliphatic heterocycles. The van der Waals surface area contributed by atoms with Gasteiger partial charge in [0.25, 0.3) is 0 Å². The Morgan fingerprint density at radius 1 is 1.32 bits per heavy atom. The molecule has 1 aliphatic rings. The molecule has 0 bridgehead atoms. The number of halogens is 1. The second-order valence-electron chi connectivity index (χ2n) is 7.14. The Hall–Kier alpha value is -1.76. The monoisotopic (exact) mass is 348 g/mol. The van der Waals surface area contributed by atoms with Crippen molar-refractivity contribution in [3.63, 3.8) is 0 Å². The van der Waals surface area contributed by atoms with E-state index in [-0.39, 0.29) is 12.4 Å². The summed E-state index contributed by atoms with van der Waals surface area (Å²) in [7, 11) is 0. The van der Waals surface area contributed by atoms with Crippen LogP contribution in [0.25, 0.3) is 0 Å². The van der Waals surface area contributed by atoms with Crippen LogP contribution < -0.4 is 0 Å². The molecule has 2 atom stereocenters. The lowest BCUT2D eigenvalue weighted by Gasteiger charge is -2.45. The first-order valence-electron chi connectivity index (χ1n) is 8.61. The molecule has 2 aromatic rings. The van der Waals surface area contributed by atoms with Crippen LogP contribution in [-0.4, -0.2) is 46.1 Å². The quantitative estimate of drug-likeness (QED) is 0.867. The second kappa shape index (κ2) is 7.23. The molecule has 0 radical (unpaired) electrons. The van der Waals surface area contributed by atoms with Crippen LogP contribution in [0.3, 0.4) is 0 Å². The van der Waals surface area contributed by atoms with E-state index in [4.69, 9.17) is 4.52 Å². The third-order valence-electron chi connectivity index (χ3n) is 5.31. The average molecular weight is 348 g/mol. The fourth-order valence-electron chi connectivity index (χ4n) is 3.72. The topological polar surface area (TPSA) is 69.7 Å². The highest BCUT2D eigenvalue weighted by molar-refractivity contribution is 5.22. The largest absolute Gasteiger partial charge is 0.396 e. The van der Waals surface area contributed by atoms with Crippen molar-refractivity contribution in [3.05, 3.63) is 52.7 Å². The zero-order chi connectivity index (χ0) is 18.0. The van der Waals surface area contributed by atoms with E-state index in [0.717, 1.165) is 29.1 Å². The van der Waals surface area contributed by atoms with Gasteiger partial charge in [0.2, 0.25) is 0 Å². The number of piperidine rings is 1. The van der Waals surface area contributed by atoms with E-state index in [1.54, 1.807) is 12.1 Å². The third-order valence-corrected chi connectivity index (χ3v) is 5.31. The Kier molecular flexibility index (Phi) is 5.22. The van der Waals surface area contributed by atoms with Gasteiger partial charge in [-0.1, -0.05) is 17.3 Å². The SMILES string of the molecule is Cc1noc(C)c1CN1CC[C@H](O)[C@@](CO)(Cc2ccc(F)cc2)C1. The second-order valence-corrected chi connectivity index (χ2v) is 7.14. The van der Waals surface area contributed by atoms with Crippen LogP contribution in [0, 0.1) is 25.1 Å². The number of aryl methyl sites for hydroxylation is 2. The number of nitrogens with zero attached hydrogens (tertiary/aromatic N) is 2. The predicted molar refractivity (Wildman–Crippen MR) is 91.5 cm³/mol. The van der Waals surface area contributed by atoms with Crippen molar-refractivity contribution in [1.82, 2.24) is 10.1 Å². The predicted octanol–water partition coefficient (Wildman–Crippen LogP) is 2.22. The molecule has 0 unspecified atom stereocenters. The van der Waals surface area contributed by atoms with Crippen LogP contribution in [0.5, 0.6) is 0 Å². The van der Waals surface area contributed by atoms with Crippen LogP contribution >= 0.6 is 0 Å². The lowest BCUT2D eigenvalue weighted by molar-refractivity contribution is -0.0769. The number of rotatable bonds is 5. The highest BCUT2D eigenvalue weighted by atomic mass is 19.1. The first-order valence-corrected chi connectivity index (χ1v) is 8.61. The molecule has 1 aromatic carbocycles. The maximum atomic E-state index is 13.1. The Morgan fingerprint density at radius 2 is 2.04 bits per heavy atom. The molecule has 0 saturated carbocycles. The molecule has 1 saturated heterocycles. The summed E-state index contributed by atoms with van der Waals surface area (Å²) >= 11 is 0. The van der Waals surface area contributed by atoms with Gasteiger partial charge in [0, 0.05) is 30.6 Å². The summed E-state index contributed by atoms with van der Waals surface area (Å²) in [5, 5.41) is 24.7. The number of likely N-dealkylation sites (tertiary alicyclic amines) is 1. The Balaban J connectivity index is 1.78. The van der Waals surface area contributed by atoms with Gasteiger partial charge in [-0.15, -0.1) is 0 Å². The summed E-state index contributed by atoms with van der Waals surface area (Å²) in [6, 6.07) is 6.26. The van der Waals surface area contributed by atoms with Crippen molar-refractivity contribution in [1.29, 1.82) is 0 Å². The molecule has 5 nitrogen and oxygen atoms in total. The van der Waals surface area contributed by atoms with E-state index in [1.165, 1.54) is 12.1 Å². The molecule has 2 heterocycles. The fraction of sp³-hybridized carbons (Fsp3) is 0.526. The standard InChI is InChI=1S/C19H25FN2O3/c1-13-17(14(2)25-21-13)10-22-8-7-18(24)19(11-22,12-23)9-15-3-5-16(20)6-4-15/h3-6,18,23-24H,7-12H2,1-2H3/t18-,19-/m0/s1. The lowest BCUT2D eigenvalue weighted by Crippen LogP contribution is -2.54. The van der Waals surface area contributed by atoms with Crippen molar-refractivity contribution >= 4 is 0 Å². The fourth-order valence-corrected chi connectivity index (χ4v) is 3.72. The summed E-state index contributed by atoms with van der Waals surface area (Å²) in [6.45, 7) is 5.68. The van der Waals surface area contributed by atoms with E-state index >= 15 is 0 Å². The number of hydrogen-bond acceptors (Lipinski definition) is 5. The zero-order valence-electron chi connectivity index (χ0n) is 14.7. The molecule has 0 spiro atoms. The van der Waals surface area contributed by atoms with Crippen molar-refractivity contribution in [2.75, 3.05) is 19.7 Å². The van der Waals surface area contributed by atoms with E-state index in [1.807, 2.05) is 13.8 Å². The first-order chi connectivity index (χ1) is 11.9. The van der Waals surface area contributed by atoms with Crippen LogP contribution in [-0.2, 0) is 13.0 Å². The van der Waals surface area contributed by atoms with E-state index in [0.29, 0.717) is 25.9 Å². The molecule has 0 aliphatic carbocycles. The number of aliphatic hydroxyl groups excluding tert-OH is 2. The van der Waals surface area contributed by atoms with E-state index in [2.05, 4.69) is 10.1 Å². The molecule has 6 heteroatoms. The molecule has 136 valence electrons. The Labute approximate surface area is 147 Å². The molecule has 1 aromatic heterocycles. The van der Waals surface area contributed by atoms with E-state index < -0.39 is 11.5 Å². The minimum atomic E-state index is -0.658. The summed E-state index contributed by atoms with van der Waals surface area (Å²) in [6.07, 6.45) is 0.497. The van der Waals surface area contributed by atoms with Crippen molar-refractivity contribution in [2.24, 2.45) is 5.41 Å². The van der Waals surface area contributed by atoms with Gasteiger partial charge in [-0.05, 0) is 44.4 Å². The third kappa shape index (κ3) is 3.76. The average Bonchev–Trinajstić information content (AvgIpc) is 2.92. The first kappa shape index (κ1) is 18.0.